The van der Waals surface area contributed by atoms with Crippen LogP contribution in [-0.2, 0) is 0 Å². The van der Waals surface area contributed by atoms with Gasteiger partial charge in [0.1, 0.15) is 0 Å². The van der Waals surface area contributed by atoms with Gasteiger partial charge in [0.2, 0.25) is 0 Å². The largest absolute Gasteiger partial charge is 0.396 e. The van der Waals surface area contributed by atoms with Crippen molar-refractivity contribution in [2.75, 3.05) is 6.61 Å². The molecule has 2 saturated carbocycles. The minimum Gasteiger partial charge on any atom is -0.396 e. The first-order valence-electron chi connectivity index (χ1n) is 4.01. The number of aliphatic hydroxyl groups excluding tert-OH is 1. The molecule has 2 fully saturated rings. The van der Waals surface area contributed by atoms with E-state index in [9.17, 15) is 0 Å². The van der Waals surface area contributed by atoms with E-state index in [1.165, 1.54) is 25.7 Å². The van der Waals surface area contributed by atoms with Crippen molar-refractivity contribution in [2.24, 2.45) is 17.8 Å². The molecule has 0 spiro atoms. The molecule has 1 heteroatoms. The van der Waals surface area contributed by atoms with Crippen LogP contribution in [0, 0.1) is 17.8 Å². The van der Waals surface area contributed by atoms with E-state index in [2.05, 4.69) is 0 Å². The summed E-state index contributed by atoms with van der Waals surface area (Å²) in [7, 11) is 0. The second-order valence-electron chi connectivity index (χ2n) is 3.62. The van der Waals surface area contributed by atoms with Crippen molar-refractivity contribution in [3.05, 3.63) is 0 Å². The van der Waals surface area contributed by atoms with E-state index in [1.807, 2.05) is 0 Å². The summed E-state index contributed by atoms with van der Waals surface area (Å²) in [6, 6.07) is 0. The van der Waals surface area contributed by atoms with Crippen LogP contribution in [0.2, 0.25) is 0 Å². The molecule has 1 N–H and O–H groups in total. The molecule has 9 heavy (non-hydrogen) atoms. The molecule has 2 unspecified atom stereocenters. The third-order valence-electron chi connectivity index (χ3n) is 3.12. The quantitative estimate of drug-likeness (QED) is 0.563. The predicted molar refractivity (Wildman–Crippen MR) is 36.0 cm³/mol. The summed E-state index contributed by atoms with van der Waals surface area (Å²) >= 11 is 0. The molecule has 0 amide bonds. The summed E-state index contributed by atoms with van der Waals surface area (Å²) in [4.78, 5) is 0. The molecule has 0 aliphatic heterocycles. The summed E-state index contributed by atoms with van der Waals surface area (Å²) < 4.78 is 0. The van der Waals surface area contributed by atoms with Crippen LogP contribution in [0.3, 0.4) is 0 Å². The normalized spacial score (nSPS) is 48.3. The van der Waals surface area contributed by atoms with E-state index in [1.54, 1.807) is 0 Å². The molecule has 0 aromatic rings. The smallest absolute Gasteiger partial charge is 0.0462 e. The van der Waals surface area contributed by atoms with Crippen LogP contribution in [0.5, 0.6) is 0 Å². The summed E-state index contributed by atoms with van der Waals surface area (Å²) in [5.74, 6) is 2.58. The molecule has 2 rings (SSSR count). The summed E-state index contributed by atoms with van der Waals surface area (Å²) in [5, 5.41) is 8.89. The third kappa shape index (κ3) is 0.787. The van der Waals surface area contributed by atoms with Gasteiger partial charge in [0.25, 0.3) is 0 Å². The standard InChI is InChI=1S/C8H14O/c9-5-8-4-6-1-2-7(8)3-6/h6-9H,1-5H2/t6?,7?,8-/m0/s1. The zero-order valence-electron chi connectivity index (χ0n) is 5.71. The Bertz CT molecular complexity index is 111. The van der Waals surface area contributed by atoms with E-state index in [0.717, 1.165) is 11.8 Å². The lowest BCUT2D eigenvalue weighted by Crippen LogP contribution is -2.13. The van der Waals surface area contributed by atoms with Crippen molar-refractivity contribution >= 4 is 0 Å². The Hall–Kier alpha value is -0.0400. The molecule has 52 valence electrons. The van der Waals surface area contributed by atoms with E-state index >= 15 is 0 Å². The van der Waals surface area contributed by atoms with Gasteiger partial charge in [-0.1, -0.05) is 6.42 Å². The minimum absolute atomic E-state index is 0.446. The molecule has 0 radical (unpaired) electrons. The van der Waals surface area contributed by atoms with Gasteiger partial charge >= 0.3 is 0 Å². The number of aliphatic hydroxyl groups is 1. The predicted octanol–water partition coefficient (Wildman–Crippen LogP) is 1.41. The Morgan fingerprint density at radius 3 is 2.44 bits per heavy atom. The van der Waals surface area contributed by atoms with Crippen LogP contribution in [-0.4, -0.2) is 11.7 Å². The zero-order valence-corrected chi connectivity index (χ0v) is 5.71. The first kappa shape index (κ1) is 5.72. The highest BCUT2D eigenvalue weighted by Gasteiger charge is 2.38. The van der Waals surface area contributed by atoms with Crippen LogP contribution in [0.25, 0.3) is 0 Å². The lowest BCUT2D eigenvalue weighted by molar-refractivity contribution is 0.177. The molecule has 2 aliphatic rings. The van der Waals surface area contributed by atoms with Crippen LogP contribution >= 0.6 is 0 Å². The molecular formula is C8H14O. The Morgan fingerprint density at radius 2 is 2.11 bits per heavy atom. The summed E-state index contributed by atoms with van der Waals surface area (Å²) in [6.07, 6.45) is 5.59. The Kier molecular flexibility index (Phi) is 1.26. The van der Waals surface area contributed by atoms with Crippen molar-refractivity contribution in [3.63, 3.8) is 0 Å². The van der Waals surface area contributed by atoms with Gasteiger partial charge < -0.3 is 5.11 Å². The lowest BCUT2D eigenvalue weighted by Gasteiger charge is -2.18. The maximum atomic E-state index is 8.89. The Morgan fingerprint density at radius 1 is 1.22 bits per heavy atom. The molecule has 0 saturated heterocycles. The van der Waals surface area contributed by atoms with Crippen molar-refractivity contribution in [3.8, 4) is 0 Å². The van der Waals surface area contributed by atoms with E-state index < -0.39 is 0 Å². The highest BCUT2D eigenvalue weighted by atomic mass is 16.3. The van der Waals surface area contributed by atoms with E-state index in [0.29, 0.717) is 12.5 Å². The number of rotatable bonds is 1. The van der Waals surface area contributed by atoms with Crippen molar-refractivity contribution in [1.29, 1.82) is 0 Å². The fourth-order valence-electron chi connectivity index (χ4n) is 2.60. The molecule has 2 bridgehead atoms. The first-order valence-corrected chi connectivity index (χ1v) is 4.01. The lowest BCUT2D eigenvalue weighted by atomic mass is 9.90. The molecule has 3 atom stereocenters. The maximum absolute atomic E-state index is 8.89. The van der Waals surface area contributed by atoms with E-state index in [4.69, 9.17) is 5.11 Å². The zero-order chi connectivity index (χ0) is 6.27. The minimum atomic E-state index is 0.446. The molecule has 2 aliphatic carbocycles. The monoisotopic (exact) mass is 126 g/mol. The van der Waals surface area contributed by atoms with Crippen molar-refractivity contribution in [2.45, 2.75) is 25.7 Å². The van der Waals surface area contributed by atoms with Gasteiger partial charge in [-0.3, -0.25) is 0 Å². The second kappa shape index (κ2) is 1.98. The molecule has 0 aromatic heterocycles. The summed E-state index contributed by atoms with van der Waals surface area (Å²) in [5.41, 5.74) is 0. The highest BCUT2D eigenvalue weighted by molar-refractivity contribution is 4.89. The Balaban J connectivity index is 2.01. The van der Waals surface area contributed by atoms with Gasteiger partial charge in [0.05, 0.1) is 0 Å². The maximum Gasteiger partial charge on any atom is 0.0462 e. The second-order valence-corrected chi connectivity index (χ2v) is 3.62. The number of fused-ring (bicyclic) bond motifs is 2. The fraction of sp³-hybridized carbons (Fsp3) is 1.00. The molecule has 0 aromatic carbocycles. The highest BCUT2D eigenvalue weighted by Crippen LogP contribution is 2.47. The molecule has 1 nitrogen and oxygen atoms in total. The van der Waals surface area contributed by atoms with Gasteiger partial charge in [0.15, 0.2) is 0 Å². The van der Waals surface area contributed by atoms with E-state index in [-0.39, 0.29) is 0 Å². The molecule has 0 heterocycles. The van der Waals surface area contributed by atoms with Crippen LogP contribution in [0.15, 0.2) is 0 Å². The van der Waals surface area contributed by atoms with Crippen LogP contribution < -0.4 is 0 Å². The fourth-order valence-corrected chi connectivity index (χ4v) is 2.60. The van der Waals surface area contributed by atoms with Crippen molar-refractivity contribution < 1.29 is 5.11 Å². The third-order valence-corrected chi connectivity index (χ3v) is 3.12. The SMILES string of the molecule is OC[C@@H]1CC2CCC1C2. The average Bonchev–Trinajstić information content (AvgIpc) is 2.45. The summed E-state index contributed by atoms with van der Waals surface area (Å²) in [6.45, 7) is 0.446. The van der Waals surface area contributed by atoms with Crippen LogP contribution in [0.4, 0.5) is 0 Å². The number of hydrogen-bond acceptors (Lipinski definition) is 1. The van der Waals surface area contributed by atoms with Crippen molar-refractivity contribution in [1.82, 2.24) is 0 Å². The molecular weight excluding hydrogens is 112 g/mol. The number of hydrogen-bond donors (Lipinski definition) is 1. The first-order chi connectivity index (χ1) is 4.40. The average molecular weight is 126 g/mol. The Labute approximate surface area is 56.1 Å². The van der Waals surface area contributed by atoms with Gasteiger partial charge in [0, 0.05) is 6.61 Å². The van der Waals surface area contributed by atoms with Gasteiger partial charge in [-0.15, -0.1) is 0 Å². The topological polar surface area (TPSA) is 20.2 Å². The van der Waals surface area contributed by atoms with Gasteiger partial charge in [-0.05, 0) is 37.0 Å². The van der Waals surface area contributed by atoms with Gasteiger partial charge in [-0.25, -0.2) is 0 Å². The van der Waals surface area contributed by atoms with Crippen LogP contribution in [0.1, 0.15) is 25.7 Å². The van der Waals surface area contributed by atoms with Gasteiger partial charge in [-0.2, -0.15) is 0 Å².